The minimum atomic E-state index is 0.0786. The third-order valence-electron chi connectivity index (χ3n) is 6.63. The molecule has 0 unspecified atom stereocenters. The van der Waals surface area contributed by atoms with Gasteiger partial charge in [0.15, 0.2) is 0 Å². The smallest absolute Gasteiger partial charge is 0.0636 e. The van der Waals surface area contributed by atoms with Crippen molar-refractivity contribution in [3.8, 4) is 0 Å². The van der Waals surface area contributed by atoms with Crippen molar-refractivity contribution < 1.29 is 0 Å². The van der Waals surface area contributed by atoms with Crippen LogP contribution in [0, 0.1) is 0 Å². The average molecular weight is 515 g/mol. The zero-order valence-corrected chi connectivity index (χ0v) is 25.9. The van der Waals surface area contributed by atoms with Crippen LogP contribution < -0.4 is 0 Å². The van der Waals surface area contributed by atoms with Gasteiger partial charge in [0.25, 0.3) is 0 Å². The first-order valence-electron chi connectivity index (χ1n) is 13.3. The van der Waals surface area contributed by atoms with E-state index in [1.165, 1.54) is 22.3 Å². The summed E-state index contributed by atoms with van der Waals surface area (Å²) in [6.45, 7) is 27.1. The van der Waals surface area contributed by atoms with Crippen LogP contribution >= 0.6 is 11.3 Å². The number of thiophene rings is 1. The van der Waals surface area contributed by atoms with Crippen LogP contribution in [0.4, 0.5) is 11.4 Å². The molecule has 2 aromatic carbocycles. The highest BCUT2D eigenvalue weighted by Crippen LogP contribution is 2.34. The first kappa shape index (κ1) is 29.0. The summed E-state index contributed by atoms with van der Waals surface area (Å²) in [6.07, 6.45) is 3.96. The Morgan fingerprint density at radius 1 is 0.459 bits per heavy atom. The summed E-state index contributed by atoms with van der Waals surface area (Å²) in [5.74, 6) is 0. The number of rotatable bonds is 4. The Morgan fingerprint density at radius 2 is 0.730 bits per heavy atom. The van der Waals surface area contributed by atoms with Gasteiger partial charge in [0, 0.05) is 22.2 Å². The Hall–Kier alpha value is -2.52. The molecule has 1 aromatic heterocycles. The maximum absolute atomic E-state index is 4.87. The molecule has 0 amide bonds. The molecule has 37 heavy (non-hydrogen) atoms. The molecule has 0 atom stereocenters. The molecule has 0 saturated heterocycles. The van der Waals surface area contributed by atoms with E-state index in [1.54, 1.807) is 11.3 Å². The Kier molecular flexibility index (Phi) is 8.11. The van der Waals surface area contributed by atoms with Crippen LogP contribution in [0.25, 0.3) is 0 Å². The van der Waals surface area contributed by atoms with E-state index >= 15 is 0 Å². The first-order chi connectivity index (χ1) is 16.8. The minimum absolute atomic E-state index is 0.0786. The van der Waals surface area contributed by atoms with Gasteiger partial charge < -0.3 is 0 Å². The zero-order valence-electron chi connectivity index (χ0n) is 25.1. The van der Waals surface area contributed by atoms with Crippen molar-refractivity contribution in [2.24, 2.45) is 9.98 Å². The molecule has 1 heterocycles. The van der Waals surface area contributed by atoms with Gasteiger partial charge in [-0.2, -0.15) is 0 Å². The number of benzene rings is 2. The van der Waals surface area contributed by atoms with E-state index in [0.29, 0.717) is 0 Å². The van der Waals surface area contributed by atoms with E-state index in [4.69, 9.17) is 9.98 Å². The third-order valence-corrected chi connectivity index (χ3v) is 7.58. The monoisotopic (exact) mass is 514 g/mol. The van der Waals surface area contributed by atoms with Crippen molar-refractivity contribution in [2.45, 2.75) is 105 Å². The number of hydrogen-bond acceptors (Lipinski definition) is 3. The summed E-state index contributed by atoms with van der Waals surface area (Å²) in [4.78, 5) is 12.0. The second kappa shape index (κ2) is 10.3. The van der Waals surface area contributed by atoms with Crippen molar-refractivity contribution >= 4 is 35.1 Å². The molecular formula is C34H46N2S. The second-order valence-electron chi connectivity index (χ2n) is 14.3. The van der Waals surface area contributed by atoms with E-state index in [9.17, 15) is 0 Å². The van der Waals surface area contributed by atoms with E-state index in [-0.39, 0.29) is 21.7 Å². The molecule has 3 aromatic rings. The van der Waals surface area contributed by atoms with Crippen LogP contribution in [0.1, 0.15) is 115 Å². The Bertz CT molecular complexity index is 1130. The fourth-order valence-corrected chi connectivity index (χ4v) is 4.64. The van der Waals surface area contributed by atoms with Gasteiger partial charge in [-0.3, -0.25) is 9.98 Å². The van der Waals surface area contributed by atoms with Crippen molar-refractivity contribution in [1.29, 1.82) is 0 Å². The van der Waals surface area contributed by atoms with Gasteiger partial charge in [-0.05, 0) is 80.3 Å². The van der Waals surface area contributed by atoms with Gasteiger partial charge in [-0.25, -0.2) is 0 Å². The van der Waals surface area contributed by atoms with Crippen LogP contribution in [0.5, 0.6) is 0 Å². The fraction of sp³-hybridized carbons (Fsp3) is 0.471. The number of aliphatic imine (C=N–C) groups is 2. The summed E-state index contributed by atoms with van der Waals surface area (Å²) in [6, 6.07) is 17.8. The van der Waals surface area contributed by atoms with Crippen LogP contribution in [0.15, 0.2) is 58.5 Å². The van der Waals surface area contributed by atoms with E-state index < -0.39 is 0 Å². The molecule has 3 rings (SSSR count). The Morgan fingerprint density at radius 3 is 0.973 bits per heavy atom. The van der Waals surface area contributed by atoms with Crippen LogP contribution in [0.2, 0.25) is 0 Å². The Balaban J connectivity index is 1.87. The topological polar surface area (TPSA) is 24.7 Å². The lowest BCUT2D eigenvalue weighted by atomic mass is 9.80. The van der Waals surface area contributed by atoms with Gasteiger partial charge in [0.05, 0.1) is 11.4 Å². The summed E-state index contributed by atoms with van der Waals surface area (Å²) < 4.78 is 0. The Labute approximate surface area is 230 Å². The largest absolute Gasteiger partial charge is 0.255 e. The molecule has 3 heteroatoms. The molecular weight excluding hydrogens is 468 g/mol. The molecule has 0 aliphatic rings. The number of hydrogen-bond donors (Lipinski definition) is 0. The zero-order chi connectivity index (χ0) is 27.8. The van der Waals surface area contributed by atoms with Gasteiger partial charge in [0.1, 0.15) is 0 Å². The summed E-state index contributed by atoms with van der Waals surface area (Å²) in [5, 5.41) is 0. The minimum Gasteiger partial charge on any atom is -0.255 e. The first-order valence-corrected chi connectivity index (χ1v) is 14.1. The molecule has 198 valence electrons. The van der Waals surface area contributed by atoms with Crippen LogP contribution in [-0.4, -0.2) is 12.4 Å². The quantitative estimate of drug-likeness (QED) is 0.309. The summed E-state index contributed by atoms with van der Waals surface area (Å²) >= 11 is 1.71. The third kappa shape index (κ3) is 7.98. The van der Waals surface area contributed by atoms with Crippen LogP contribution in [0.3, 0.4) is 0 Å². The highest BCUT2D eigenvalue weighted by Gasteiger charge is 2.21. The van der Waals surface area contributed by atoms with Gasteiger partial charge in [-0.15, -0.1) is 11.3 Å². The molecule has 0 saturated carbocycles. The maximum Gasteiger partial charge on any atom is 0.0636 e. The molecule has 0 aliphatic carbocycles. The normalized spacial score (nSPS) is 13.7. The standard InChI is InChI=1S/C34H46N2S/c1-31(2,3)23-15-24(32(4,5)6)18-27(17-23)35-21-29-13-14-30(37-29)22-36-28-19-25(33(7,8)9)16-26(20-28)34(10,11)12/h13-22H,1-12H3. The van der Waals surface area contributed by atoms with Gasteiger partial charge in [-0.1, -0.05) is 95.2 Å². The molecule has 0 fully saturated rings. The highest BCUT2D eigenvalue weighted by molar-refractivity contribution is 7.15. The SMILES string of the molecule is CC(C)(C)c1cc(N=Cc2ccc(C=Nc3cc(C(C)(C)C)cc(C(C)(C)C)c3)s2)cc(C(C)(C)C)c1. The lowest BCUT2D eigenvalue weighted by Gasteiger charge is -2.25. The molecule has 0 N–H and O–H groups in total. The van der Waals surface area contributed by atoms with Gasteiger partial charge >= 0.3 is 0 Å². The van der Waals surface area contributed by atoms with Crippen LogP contribution in [-0.2, 0) is 21.7 Å². The average Bonchev–Trinajstić information content (AvgIpc) is 3.21. The fourth-order valence-electron chi connectivity index (χ4n) is 3.89. The number of nitrogens with zero attached hydrogens (tertiary/aromatic N) is 2. The van der Waals surface area contributed by atoms with Crippen molar-refractivity contribution in [3.63, 3.8) is 0 Å². The predicted molar refractivity (Wildman–Crippen MR) is 167 cm³/mol. The second-order valence-corrected chi connectivity index (χ2v) is 15.4. The highest BCUT2D eigenvalue weighted by atomic mass is 32.1. The summed E-state index contributed by atoms with van der Waals surface area (Å²) in [7, 11) is 0. The molecule has 0 bridgehead atoms. The van der Waals surface area contributed by atoms with Crippen molar-refractivity contribution in [1.82, 2.24) is 0 Å². The lowest BCUT2D eigenvalue weighted by Crippen LogP contribution is -2.16. The maximum atomic E-state index is 4.87. The predicted octanol–water partition coefficient (Wildman–Crippen LogP) is 10.4. The van der Waals surface area contributed by atoms with E-state index in [2.05, 4.69) is 132 Å². The van der Waals surface area contributed by atoms with Gasteiger partial charge in [0.2, 0.25) is 0 Å². The van der Waals surface area contributed by atoms with E-state index in [1.807, 2.05) is 12.4 Å². The van der Waals surface area contributed by atoms with E-state index in [0.717, 1.165) is 21.1 Å². The molecule has 2 nitrogen and oxygen atoms in total. The lowest BCUT2D eigenvalue weighted by molar-refractivity contribution is 0.568. The molecule has 0 radical (unpaired) electrons. The summed E-state index contributed by atoms with van der Waals surface area (Å²) in [5.41, 5.74) is 7.60. The molecule has 0 spiro atoms. The van der Waals surface area contributed by atoms with Crippen molar-refractivity contribution in [3.05, 3.63) is 80.5 Å². The molecule has 0 aliphatic heterocycles. The van der Waals surface area contributed by atoms with Crippen molar-refractivity contribution in [2.75, 3.05) is 0 Å².